The van der Waals surface area contributed by atoms with Gasteiger partial charge in [-0.15, -0.1) is 0 Å². The van der Waals surface area contributed by atoms with E-state index in [1.165, 1.54) is 0 Å². The fraction of sp³-hybridized carbons (Fsp3) is 0.933. The summed E-state index contributed by atoms with van der Waals surface area (Å²) in [5.74, 6) is -0.0997. The first kappa shape index (κ1) is 22.4. The van der Waals surface area contributed by atoms with Gasteiger partial charge < -0.3 is 0 Å². The van der Waals surface area contributed by atoms with Crippen LogP contribution in [0.3, 0.4) is 0 Å². The van der Waals surface area contributed by atoms with Crippen LogP contribution in [0.5, 0.6) is 0 Å². The van der Waals surface area contributed by atoms with Crippen molar-refractivity contribution in [2.75, 3.05) is 19.8 Å². The number of hydrogen-bond donors (Lipinski definition) is 0. The van der Waals surface area contributed by atoms with E-state index in [0.717, 1.165) is 13.3 Å². The predicted molar refractivity (Wildman–Crippen MR) is 93.3 cm³/mol. The molecule has 0 rings (SSSR count). The topological polar surface area (TPSA) is 54.0 Å². The molecule has 132 valence electrons. The van der Waals surface area contributed by atoms with E-state index < -0.39 is 27.6 Å². The molecular formula is C15H34O5SiSn. The summed E-state index contributed by atoms with van der Waals surface area (Å²) < 4.78 is 26.4. The summed E-state index contributed by atoms with van der Waals surface area (Å²) in [6.07, 6.45) is 0.324. The third-order valence-corrected chi connectivity index (χ3v) is 20.0. The first-order chi connectivity index (χ1) is 10.5. The Hall–Kier alpha value is 0.366. The first-order valence-corrected chi connectivity index (χ1v) is 17.8. The Labute approximate surface area is 141 Å². The third kappa shape index (κ3) is 7.29. The van der Waals surface area contributed by atoms with E-state index in [-0.39, 0.29) is 5.97 Å². The number of hydrogen-bond acceptors (Lipinski definition) is 5. The Balaban J connectivity index is 4.72. The molecule has 22 heavy (non-hydrogen) atoms. The molecule has 0 radical (unpaired) electrons. The second-order valence-corrected chi connectivity index (χ2v) is 21.3. The molecule has 0 aromatic heterocycles. The Morgan fingerprint density at radius 1 is 0.818 bits per heavy atom. The quantitative estimate of drug-likeness (QED) is 0.405. The molecule has 0 aromatic carbocycles. The van der Waals surface area contributed by atoms with Gasteiger partial charge in [0, 0.05) is 0 Å². The van der Waals surface area contributed by atoms with Crippen molar-refractivity contribution in [3.8, 4) is 0 Å². The summed E-state index contributed by atoms with van der Waals surface area (Å²) in [7, 11) is -2.74. The van der Waals surface area contributed by atoms with Crippen molar-refractivity contribution in [1.82, 2.24) is 0 Å². The van der Waals surface area contributed by atoms with E-state index in [0.29, 0.717) is 32.3 Å². The summed E-state index contributed by atoms with van der Waals surface area (Å²) in [4.78, 5) is 12.3. The van der Waals surface area contributed by atoms with Gasteiger partial charge in [-0.25, -0.2) is 0 Å². The van der Waals surface area contributed by atoms with Crippen LogP contribution in [-0.4, -0.2) is 53.4 Å². The molecule has 0 saturated carbocycles. The van der Waals surface area contributed by atoms with E-state index >= 15 is 0 Å². The van der Waals surface area contributed by atoms with Crippen LogP contribution in [0.1, 0.15) is 48.0 Å². The molecule has 0 aliphatic rings. The average molecular weight is 441 g/mol. The van der Waals surface area contributed by atoms with E-state index in [1.54, 1.807) is 0 Å². The summed E-state index contributed by atoms with van der Waals surface area (Å²) in [6, 6.07) is 0.500. The fourth-order valence-electron chi connectivity index (χ4n) is 2.52. The van der Waals surface area contributed by atoms with Crippen LogP contribution in [0.4, 0.5) is 0 Å². The van der Waals surface area contributed by atoms with Crippen molar-refractivity contribution in [2.45, 2.75) is 67.3 Å². The minimum atomic E-state index is -2.74. The molecule has 0 aliphatic carbocycles. The van der Waals surface area contributed by atoms with Crippen LogP contribution in [0.15, 0.2) is 0 Å². The Bertz CT molecular complexity index is 285. The zero-order valence-corrected chi connectivity index (χ0v) is 19.1. The summed E-state index contributed by atoms with van der Waals surface area (Å²) in [6.45, 7) is 13.8. The molecule has 0 atom stereocenters. The van der Waals surface area contributed by atoms with Crippen molar-refractivity contribution in [3.05, 3.63) is 0 Å². The summed E-state index contributed by atoms with van der Waals surface area (Å²) in [5.41, 5.74) is 0. The maximum atomic E-state index is 12.3. The van der Waals surface area contributed by atoms with Gasteiger partial charge in [-0.05, 0) is 0 Å². The van der Waals surface area contributed by atoms with Crippen LogP contribution in [0.2, 0.25) is 19.4 Å². The van der Waals surface area contributed by atoms with Crippen LogP contribution in [0, 0.1) is 0 Å². The fourth-order valence-corrected chi connectivity index (χ4v) is 12.2. The van der Waals surface area contributed by atoms with E-state index in [1.807, 2.05) is 20.8 Å². The molecule has 0 saturated heterocycles. The first-order valence-electron chi connectivity index (χ1n) is 8.60. The van der Waals surface area contributed by atoms with Gasteiger partial charge in [-0.1, -0.05) is 0 Å². The van der Waals surface area contributed by atoms with Gasteiger partial charge in [0.2, 0.25) is 0 Å². The third-order valence-electron chi connectivity index (χ3n) is 3.99. The Morgan fingerprint density at radius 3 is 1.55 bits per heavy atom. The van der Waals surface area contributed by atoms with Crippen LogP contribution in [-0.2, 0) is 21.1 Å². The van der Waals surface area contributed by atoms with Crippen LogP contribution < -0.4 is 0 Å². The van der Waals surface area contributed by atoms with Gasteiger partial charge in [-0.2, -0.15) is 0 Å². The summed E-state index contributed by atoms with van der Waals surface area (Å²) >= 11 is -2.68. The zero-order valence-electron chi connectivity index (χ0n) is 15.2. The van der Waals surface area contributed by atoms with Crippen molar-refractivity contribution in [3.63, 3.8) is 0 Å². The van der Waals surface area contributed by atoms with Crippen molar-refractivity contribution >= 4 is 33.6 Å². The molecule has 0 N–H and O–H groups in total. The van der Waals surface area contributed by atoms with Crippen LogP contribution in [0.25, 0.3) is 0 Å². The van der Waals surface area contributed by atoms with Gasteiger partial charge in [0.1, 0.15) is 0 Å². The minimum absolute atomic E-state index is 0.0997. The zero-order chi connectivity index (χ0) is 17.1. The molecule has 0 aromatic rings. The molecule has 7 heteroatoms. The van der Waals surface area contributed by atoms with Crippen molar-refractivity contribution in [1.29, 1.82) is 0 Å². The molecule has 0 fully saturated rings. The normalized spacial score (nSPS) is 12.5. The average Bonchev–Trinajstić information content (AvgIpc) is 2.52. The van der Waals surface area contributed by atoms with Gasteiger partial charge >= 0.3 is 142 Å². The van der Waals surface area contributed by atoms with E-state index in [2.05, 4.69) is 20.8 Å². The molecule has 0 unspecified atom stereocenters. The molecule has 0 aliphatic heterocycles. The monoisotopic (exact) mass is 442 g/mol. The van der Waals surface area contributed by atoms with Gasteiger partial charge in [-0.3, -0.25) is 0 Å². The molecule has 0 spiro atoms. The molecular weight excluding hydrogens is 407 g/mol. The van der Waals surface area contributed by atoms with Gasteiger partial charge in [0.05, 0.1) is 0 Å². The molecule has 0 heterocycles. The van der Waals surface area contributed by atoms with Crippen LogP contribution >= 0.6 is 0 Å². The number of rotatable bonds is 13. The van der Waals surface area contributed by atoms with Crippen molar-refractivity contribution in [2.24, 2.45) is 0 Å². The molecule has 0 amide bonds. The van der Waals surface area contributed by atoms with E-state index in [4.69, 9.17) is 16.4 Å². The standard InChI is InChI=1S/C9H20O5Si.3C2H5.Sn/c1-4-12-15(13-5-2,14-6-3)8-7-9(10)11;3*1-2;/h4-8H2,1-3H3,(H,10,11);3*1H2,2H3;/q;;;;+1/p-1. The maximum absolute atomic E-state index is 12.3. The van der Waals surface area contributed by atoms with Gasteiger partial charge in [0.25, 0.3) is 0 Å². The Morgan fingerprint density at radius 2 is 1.23 bits per heavy atom. The second kappa shape index (κ2) is 11.8. The summed E-state index contributed by atoms with van der Waals surface area (Å²) in [5, 5.41) is 0. The second-order valence-electron chi connectivity index (χ2n) is 5.20. The number of carbonyl (C=O) groups is 1. The van der Waals surface area contributed by atoms with Gasteiger partial charge in [0.15, 0.2) is 0 Å². The predicted octanol–water partition coefficient (Wildman–Crippen LogP) is 3.97. The molecule has 0 bridgehead atoms. The van der Waals surface area contributed by atoms with E-state index in [9.17, 15) is 4.79 Å². The Kier molecular flexibility index (Phi) is 12.0. The number of carbonyl (C=O) groups excluding carboxylic acids is 1. The molecule has 5 nitrogen and oxygen atoms in total. The SMILES string of the molecule is CCO[Si](CCC(=O)[O][Sn]([CH2]C)([CH2]C)[CH2]C)(OCC)OCC. The van der Waals surface area contributed by atoms with Crippen molar-refractivity contribution < 1.29 is 21.1 Å².